The minimum Gasteiger partial charge on any atom is -0.497 e. The van der Waals surface area contributed by atoms with E-state index in [2.05, 4.69) is 10.2 Å². The average Bonchev–Trinajstić information content (AvgIpc) is 3.26. The quantitative estimate of drug-likeness (QED) is 0.384. The van der Waals surface area contributed by atoms with E-state index in [1.54, 1.807) is 18.0 Å². The number of hydrogen-bond acceptors (Lipinski definition) is 7. The number of methoxy groups -OCH3 is 2. The van der Waals surface area contributed by atoms with Crippen LogP contribution in [0.3, 0.4) is 0 Å². The van der Waals surface area contributed by atoms with E-state index in [9.17, 15) is 9.59 Å². The van der Waals surface area contributed by atoms with Crippen LogP contribution in [0.1, 0.15) is 5.56 Å². The Labute approximate surface area is 178 Å². The fourth-order valence-corrected chi connectivity index (χ4v) is 3.55. The summed E-state index contributed by atoms with van der Waals surface area (Å²) in [5.74, 6) is 0.193. The number of nitrogens with zero attached hydrogens (tertiary/aromatic N) is 4. The first-order valence-corrected chi connectivity index (χ1v) is 10.1. The van der Waals surface area contributed by atoms with Gasteiger partial charge in [-0.3, -0.25) is 14.2 Å². The zero-order chi connectivity index (χ0) is 21.3. The molecule has 3 aromatic rings. The van der Waals surface area contributed by atoms with Crippen LogP contribution in [-0.2, 0) is 20.9 Å². The van der Waals surface area contributed by atoms with Crippen LogP contribution >= 0.6 is 11.8 Å². The summed E-state index contributed by atoms with van der Waals surface area (Å²) in [4.78, 5) is 26.1. The SMILES string of the molecule is COC(=O)CN(Cc1ccccc1)C(=O)CSc1nncn1-c1ccc(OC)cc1. The predicted molar refractivity (Wildman–Crippen MR) is 113 cm³/mol. The Morgan fingerprint density at radius 1 is 1.07 bits per heavy atom. The maximum Gasteiger partial charge on any atom is 0.325 e. The van der Waals surface area contributed by atoms with E-state index >= 15 is 0 Å². The van der Waals surface area contributed by atoms with Crippen LogP contribution in [0.25, 0.3) is 5.69 Å². The van der Waals surface area contributed by atoms with Crippen molar-refractivity contribution in [1.29, 1.82) is 0 Å². The highest BCUT2D eigenvalue weighted by Crippen LogP contribution is 2.22. The Balaban J connectivity index is 1.69. The second kappa shape index (κ2) is 10.4. The van der Waals surface area contributed by atoms with Gasteiger partial charge >= 0.3 is 5.97 Å². The summed E-state index contributed by atoms with van der Waals surface area (Å²) in [6.07, 6.45) is 1.59. The summed E-state index contributed by atoms with van der Waals surface area (Å²) in [7, 11) is 2.91. The van der Waals surface area contributed by atoms with Gasteiger partial charge in [0, 0.05) is 12.2 Å². The van der Waals surface area contributed by atoms with Gasteiger partial charge in [0.05, 0.1) is 20.0 Å². The van der Waals surface area contributed by atoms with Crippen molar-refractivity contribution in [1.82, 2.24) is 19.7 Å². The third kappa shape index (κ3) is 5.60. The third-order valence-corrected chi connectivity index (χ3v) is 5.24. The van der Waals surface area contributed by atoms with E-state index in [1.165, 1.54) is 23.8 Å². The minimum absolute atomic E-state index is 0.110. The van der Waals surface area contributed by atoms with Crippen molar-refractivity contribution in [2.24, 2.45) is 0 Å². The van der Waals surface area contributed by atoms with Crippen LogP contribution in [0.2, 0.25) is 0 Å². The predicted octanol–water partition coefficient (Wildman–Crippen LogP) is 2.57. The zero-order valence-corrected chi connectivity index (χ0v) is 17.5. The molecule has 0 saturated carbocycles. The summed E-state index contributed by atoms with van der Waals surface area (Å²) in [5.41, 5.74) is 1.78. The summed E-state index contributed by atoms with van der Waals surface area (Å²) < 4.78 is 11.7. The van der Waals surface area contributed by atoms with Crippen molar-refractivity contribution in [3.8, 4) is 11.4 Å². The monoisotopic (exact) mass is 426 g/mol. The van der Waals surface area contributed by atoms with Crippen molar-refractivity contribution in [2.75, 3.05) is 26.5 Å². The van der Waals surface area contributed by atoms with Gasteiger partial charge in [-0.1, -0.05) is 42.1 Å². The van der Waals surface area contributed by atoms with Gasteiger partial charge in [-0.05, 0) is 29.8 Å². The molecule has 0 atom stereocenters. The topological polar surface area (TPSA) is 86.5 Å². The Bertz CT molecular complexity index is 976. The van der Waals surface area contributed by atoms with Crippen LogP contribution in [0, 0.1) is 0 Å². The van der Waals surface area contributed by atoms with Gasteiger partial charge in [0.1, 0.15) is 18.6 Å². The highest BCUT2D eigenvalue weighted by molar-refractivity contribution is 7.99. The van der Waals surface area contributed by atoms with Gasteiger partial charge in [0.15, 0.2) is 5.16 Å². The number of ether oxygens (including phenoxy) is 2. The highest BCUT2D eigenvalue weighted by Gasteiger charge is 2.19. The lowest BCUT2D eigenvalue weighted by atomic mass is 10.2. The molecule has 0 spiro atoms. The van der Waals surface area contributed by atoms with Gasteiger partial charge in [0.2, 0.25) is 5.91 Å². The highest BCUT2D eigenvalue weighted by atomic mass is 32.2. The summed E-state index contributed by atoms with van der Waals surface area (Å²) in [6.45, 7) is 0.205. The minimum atomic E-state index is -0.467. The van der Waals surface area contributed by atoms with Crippen LogP contribution < -0.4 is 4.74 Å². The largest absolute Gasteiger partial charge is 0.497 e. The molecule has 156 valence electrons. The lowest BCUT2D eigenvalue weighted by molar-refractivity contribution is -0.146. The first-order valence-electron chi connectivity index (χ1n) is 9.16. The van der Waals surface area contributed by atoms with E-state index in [-0.39, 0.29) is 18.2 Å². The molecule has 0 fully saturated rings. The normalized spacial score (nSPS) is 10.5. The van der Waals surface area contributed by atoms with Gasteiger partial charge in [-0.25, -0.2) is 0 Å². The molecule has 0 radical (unpaired) electrons. The Morgan fingerprint density at radius 2 is 1.80 bits per heavy atom. The molecule has 8 nitrogen and oxygen atoms in total. The number of benzene rings is 2. The van der Waals surface area contributed by atoms with Crippen molar-refractivity contribution < 1.29 is 19.1 Å². The number of thioether (sulfide) groups is 1. The lowest BCUT2D eigenvalue weighted by Gasteiger charge is -2.21. The number of carbonyl (C=O) groups excluding carboxylic acids is 2. The number of esters is 1. The average molecular weight is 426 g/mol. The third-order valence-electron chi connectivity index (χ3n) is 4.31. The van der Waals surface area contributed by atoms with Gasteiger partial charge in [-0.2, -0.15) is 0 Å². The standard InChI is InChI=1S/C21H22N4O4S/c1-28-18-10-8-17(9-11-18)25-15-22-23-21(25)30-14-19(26)24(13-20(27)29-2)12-16-6-4-3-5-7-16/h3-11,15H,12-14H2,1-2H3. The van der Waals surface area contributed by atoms with Crippen molar-refractivity contribution in [3.63, 3.8) is 0 Å². The molecule has 1 heterocycles. The van der Waals surface area contributed by atoms with E-state index in [4.69, 9.17) is 9.47 Å². The maximum atomic E-state index is 12.8. The Hall–Kier alpha value is -3.33. The summed E-state index contributed by atoms with van der Waals surface area (Å²) in [5, 5.41) is 8.64. The molecule has 0 saturated heterocycles. The Morgan fingerprint density at radius 3 is 2.47 bits per heavy atom. The number of rotatable bonds is 9. The maximum absolute atomic E-state index is 12.8. The van der Waals surface area contributed by atoms with Gasteiger partial charge < -0.3 is 14.4 Å². The lowest BCUT2D eigenvalue weighted by Crippen LogP contribution is -2.36. The first kappa shape index (κ1) is 21.4. The van der Waals surface area contributed by atoms with Crippen LogP contribution in [0.5, 0.6) is 5.75 Å². The van der Waals surface area contributed by atoms with Crippen LogP contribution in [-0.4, -0.2) is 58.1 Å². The van der Waals surface area contributed by atoms with Crippen LogP contribution in [0.15, 0.2) is 66.1 Å². The molecular weight excluding hydrogens is 404 g/mol. The van der Waals surface area contributed by atoms with E-state index in [1.807, 2.05) is 54.6 Å². The van der Waals surface area contributed by atoms with Crippen molar-refractivity contribution >= 4 is 23.6 Å². The number of aromatic nitrogens is 3. The molecule has 0 unspecified atom stereocenters. The van der Waals surface area contributed by atoms with E-state index < -0.39 is 5.97 Å². The fraction of sp³-hybridized carbons (Fsp3) is 0.238. The van der Waals surface area contributed by atoms with E-state index in [0.29, 0.717) is 11.7 Å². The number of amides is 1. The molecule has 30 heavy (non-hydrogen) atoms. The van der Waals surface area contributed by atoms with Crippen molar-refractivity contribution in [2.45, 2.75) is 11.7 Å². The smallest absolute Gasteiger partial charge is 0.325 e. The molecule has 0 bridgehead atoms. The molecule has 0 N–H and O–H groups in total. The second-order valence-corrected chi connectivity index (χ2v) is 7.22. The molecule has 0 aliphatic rings. The molecule has 2 aromatic carbocycles. The van der Waals surface area contributed by atoms with Crippen LogP contribution in [0.4, 0.5) is 0 Å². The fourth-order valence-electron chi connectivity index (χ4n) is 2.72. The summed E-state index contributed by atoms with van der Waals surface area (Å²) >= 11 is 1.25. The molecule has 0 aliphatic heterocycles. The van der Waals surface area contributed by atoms with Gasteiger partial charge in [-0.15, -0.1) is 10.2 Å². The summed E-state index contributed by atoms with van der Waals surface area (Å²) in [6, 6.07) is 16.9. The number of hydrogen-bond donors (Lipinski definition) is 0. The molecule has 1 aromatic heterocycles. The molecule has 1 amide bonds. The Kier molecular flexibility index (Phi) is 7.45. The van der Waals surface area contributed by atoms with Crippen molar-refractivity contribution in [3.05, 3.63) is 66.5 Å². The van der Waals surface area contributed by atoms with Gasteiger partial charge in [0.25, 0.3) is 0 Å². The first-order chi connectivity index (χ1) is 14.6. The molecular formula is C21H22N4O4S. The second-order valence-electron chi connectivity index (χ2n) is 6.28. The zero-order valence-electron chi connectivity index (χ0n) is 16.7. The van der Waals surface area contributed by atoms with E-state index in [0.717, 1.165) is 17.0 Å². The molecule has 0 aliphatic carbocycles. The number of carbonyl (C=O) groups is 2. The molecule has 9 heteroatoms. The molecule has 3 rings (SSSR count).